The van der Waals surface area contributed by atoms with Gasteiger partial charge in [0.05, 0.1) is 11.7 Å². The van der Waals surface area contributed by atoms with Crippen LogP contribution in [0.2, 0.25) is 0 Å². The maximum atomic E-state index is 11.8. The van der Waals surface area contributed by atoms with E-state index in [0.29, 0.717) is 24.7 Å². The van der Waals surface area contributed by atoms with Crippen LogP contribution in [0.15, 0.2) is 11.6 Å². The van der Waals surface area contributed by atoms with E-state index in [1.54, 1.807) is 0 Å². The highest BCUT2D eigenvalue weighted by Gasteiger charge is 2.64. The number of Topliss-reactive ketones (excluding diaryl/α,β-unsaturated/α-hetero) is 1. The first-order valence-electron chi connectivity index (χ1n) is 10.7. The first-order chi connectivity index (χ1) is 13.0. The topological polar surface area (TPSA) is 94.8 Å². The lowest BCUT2D eigenvalue weighted by atomic mass is 9.45. The van der Waals surface area contributed by atoms with Crippen molar-refractivity contribution in [1.82, 2.24) is 0 Å². The van der Waals surface area contributed by atoms with Crippen molar-refractivity contribution in [2.24, 2.45) is 28.6 Å². The predicted molar refractivity (Wildman–Crippen MR) is 106 cm³/mol. The Morgan fingerprint density at radius 3 is 2.43 bits per heavy atom. The highest BCUT2D eigenvalue weighted by Crippen LogP contribution is 2.67. The summed E-state index contributed by atoms with van der Waals surface area (Å²) in [5.41, 5.74) is 0.424. The van der Waals surface area contributed by atoms with Gasteiger partial charge >= 0.3 is 0 Å². The van der Waals surface area contributed by atoms with E-state index in [2.05, 4.69) is 13.8 Å². The van der Waals surface area contributed by atoms with Crippen molar-refractivity contribution in [3.05, 3.63) is 11.6 Å². The minimum atomic E-state index is -0.664. The maximum absolute atomic E-state index is 11.8. The summed E-state index contributed by atoms with van der Waals surface area (Å²) < 4.78 is 0. The number of hydrogen-bond acceptors (Lipinski definition) is 5. The van der Waals surface area contributed by atoms with E-state index in [-0.39, 0.29) is 41.0 Å². The lowest BCUT2D eigenvalue weighted by Gasteiger charge is -2.60. The number of ketones is 2. The summed E-state index contributed by atoms with van der Waals surface area (Å²) in [6, 6.07) is 0. The first kappa shape index (κ1) is 21.7. The largest absolute Gasteiger partial charge is 0.393 e. The monoisotopic (exact) mass is 392 g/mol. The number of aliphatic hydroxyl groups excluding tert-OH is 2. The van der Waals surface area contributed by atoms with Crippen LogP contribution in [0, 0.1) is 28.6 Å². The molecule has 3 saturated carbocycles. The number of aliphatic hydroxyl groups is 3. The number of rotatable bonds is 1. The number of fused-ring (bicyclic) bond motifs is 5. The first-order valence-corrected chi connectivity index (χ1v) is 10.7. The van der Waals surface area contributed by atoms with Crippen LogP contribution in [0.5, 0.6) is 0 Å². The summed E-state index contributed by atoms with van der Waals surface area (Å²) in [6.45, 7) is 7.44. The van der Waals surface area contributed by atoms with Crippen LogP contribution in [0.25, 0.3) is 0 Å². The fourth-order valence-electron chi connectivity index (χ4n) is 6.91. The Bertz CT molecular complexity index is 680. The normalized spacial score (nSPS) is 47.1. The molecule has 3 fully saturated rings. The molecular formula is C23H36O5. The van der Waals surface area contributed by atoms with E-state index in [0.717, 1.165) is 32.1 Å². The molecule has 4 aliphatic rings. The van der Waals surface area contributed by atoms with E-state index >= 15 is 0 Å². The van der Waals surface area contributed by atoms with Gasteiger partial charge in [0.1, 0.15) is 6.61 Å². The van der Waals surface area contributed by atoms with Gasteiger partial charge in [0.25, 0.3) is 0 Å². The quantitative estimate of drug-likeness (QED) is 0.638. The summed E-state index contributed by atoms with van der Waals surface area (Å²) in [4.78, 5) is 21.4. The van der Waals surface area contributed by atoms with Gasteiger partial charge in [-0.25, -0.2) is 0 Å². The van der Waals surface area contributed by atoms with Gasteiger partial charge in [0.15, 0.2) is 11.6 Å². The molecule has 3 N–H and O–H groups in total. The highest BCUT2D eigenvalue weighted by molar-refractivity contribution is 5.91. The molecule has 7 atom stereocenters. The number of carbonyl (C=O) groups excluding carboxylic acids is 2. The number of carbonyl (C=O) groups is 2. The van der Waals surface area contributed by atoms with E-state index in [1.807, 2.05) is 13.0 Å². The lowest BCUT2D eigenvalue weighted by Crippen LogP contribution is -2.59. The summed E-state index contributed by atoms with van der Waals surface area (Å²) >= 11 is 0. The third-order valence-electron chi connectivity index (χ3n) is 8.68. The van der Waals surface area contributed by atoms with Crippen molar-refractivity contribution in [1.29, 1.82) is 0 Å². The third-order valence-corrected chi connectivity index (χ3v) is 8.68. The van der Waals surface area contributed by atoms with Crippen LogP contribution in [0.3, 0.4) is 0 Å². The Morgan fingerprint density at radius 1 is 1.18 bits per heavy atom. The SMILES string of the molecule is CC(=O)CO.CC12CCC(=O)C=C1CCC1C2C(O)CC2(C)C1CC[C@@]2(C)O. The summed E-state index contributed by atoms with van der Waals surface area (Å²) in [7, 11) is 0. The van der Waals surface area contributed by atoms with Crippen molar-refractivity contribution in [2.75, 3.05) is 6.61 Å². The minimum Gasteiger partial charge on any atom is -0.393 e. The molecule has 158 valence electrons. The summed E-state index contributed by atoms with van der Waals surface area (Å²) in [5.74, 6) is 1.30. The van der Waals surface area contributed by atoms with Crippen molar-refractivity contribution in [3.63, 3.8) is 0 Å². The Labute approximate surface area is 168 Å². The molecule has 0 aromatic heterocycles. The zero-order chi connectivity index (χ0) is 20.9. The zero-order valence-electron chi connectivity index (χ0n) is 17.7. The molecule has 0 bridgehead atoms. The molecule has 0 radical (unpaired) electrons. The molecular weight excluding hydrogens is 356 g/mol. The molecule has 0 saturated heterocycles. The van der Waals surface area contributed by atoms with Crippen LogP contribution in [0.1, 0.15) is 72.6 Å². The number of allylic oxidation sites excluding steroid dienone is 1. The van der Waals surface area contributed by atoms with Crippen molar-refractivity contribution < 1.29 is 24.9 Å². The standard InChI is InChI=1S/C20H30O3.C3H6O2/c1-18-8-6-13(21)10-12(18)4-5-14-15-7-9-20(3,23)19(15,2)11-16(22)17(14)18;1-3(5)2-4/h10,14-17,22-23H,4-9,11H2,1-3H3;4H,2H2,1H3/t14?,15?,16?,17?,18?,19?,20-;/m1./s1. The van der Waals surface area contributed by atoms with E-state index in [4.69, 9.17) is 5.11 Å². The van der Waals surface area contributed by atoms with Crippen LogP contribution < -0.4 is 0 Å². The number of hydrogen-bond donors (Lipinski definition) is 3. The Balaban J connectivity index is 0.000000403. The van der Waals surface area contributed by atoms with Crippen LogP contribution in [-0.4, -0.2) is 45.2 Å². The van der Waals surface area contributed by atoms with Gasteiger partial charge in [-0.15, -0.1) is 0 Å². The van der Waals surface area contributed by atoms with Crippen LogP contribution in [-0.2, 0) is 9.59 Å². The minimum absolute atomic E-state index is 0.0218. The van der Waals surface area contributed by atoms with Crippen LogP contribution >= 0.6 is 0 Å². The van der Waals surface area contributed by atoms with Gasteiger partial charge in [0, 0.05) is 11.8 Å². The second-order valence-corrected chi connectivity index (χ2v) is 10.2. The predicted octanol–water partition coefficient (Wildman–Crippen LogP) is 2.81. The Morgan fingerprint density at radius 2 is 1.82 bits per heavy atom. The zero-order valence-corrected chi connectivity index (χ0v) is 17.7. The molecule has 4 rings (SSSR count). The Kier molecular flexibility index (Phi) is 5.67. The molecule has 5 heteroatoms. The van der Waals surface area contributed by atoms with Gasteiger partial charge in [-0.05, 0) is 81.6 Å². The fourth-order valence-corrected chi connectivity index (χ4v) is 6.91. The van der Waals surface area contributed by atoms with E-state index in [1.165, 1.54) is 12.5 Å². The molecule has 4 aliphatic carbocycles. The lowest BCUT2D eigenvalue weighted by molar-refractivity contribution is -0.166. The average Bonchev–Trinajstić information content (AvgIpc) is 2.85. The molecule has 0 aromatic rings. The van der Waals surface area contributed by atoms with Gasteiger partial charge in [0.2, 0.25) is 0 Å². The van der Waals surface area contributed by atoms with Gasteiger partial charge in [-0.1, -0.05) is 19.4 Å². The maximum Gasteiger partial charge on any atom is 0.155 e. The van der Waals surface area contributed by atoms with Crippen molar-refractivity contribution in [2.45, 2.75) is 84.3 Å². The summed E-state index contributed by atoms with van der Waals surface area (Å²) in [6.07, 6.45) is 7.69. The molecule has 0 amide bonds. The smallest absolute Gasteiger partial charge is 0.155 e. The molecule has 0 aliphatic heterocycles. The van der Waals surface area contributed by atoms with Gasteiger partial charge in [-0.3, -0.25) is 9.59 Å². The van der Waals surface area contributed by atoms with Crippen molar-refractivity contribution >= 4 is 11.6 Å². The second-order valence-electron chi connectivity index (χ2n) is 10.2. The molecule has 5 nitrogen and oxygen atoms in total. The van der Waals surface area contributed by atoms with Crippen molar-refractivity contribution in [3.8, 4) is 0 Å². The van der Waals surface area contributed by atoms with E-state index in [9.17, 15) is 19.8 Å². The molecule has 0 heterocycles. The van der Waals surface area contributed by atoms with Gasteiger partial charge in [-0.2, -0.15) is 0 Å². The Hall–Kier alpha value is -1.04. The third kappa shape index (κ3) is 3.29. The molecule has 0 aromatic carbocycles. The fraction of sp³-hybridized carbons (Fsp3) is 0.826. The second kappa shape index (κ2) is 7.33. The molecule has 6 unspecified atom stereocenters. The molecule has 28 heavy (non-hydrogen) atoms. The van der Waals surface area contributed by atoms with Crippen LogP contribution in [0.4, 0.5) is 0 Å². The van der Waals surface area contributed by atoms with Gasteiger partial charge < -0.3 is 15.3 Å². The highest BCUT2D eigenvalue weighted by atomic mass is 16.3. The summed E-state index contributed by atoms with van der Waals surface area (Å²) in [5, 5.41) is 29.8. The molecule has 0 spiro atoms. The van der Waals surface area contributed by atoms with E-state index < -0.39 is 5.60 Å². The average molecular weight is 393 g/mol.